The van der Waals surface area contributed by atoms with Gasteiger partial charge < -0.3 is 11.1 Å². The predicted octanol–water partition coefficient (Wildman–Crippen LogP) is 3.18. The van der Waals surface area contributed by atoms with Gasteiger partial charge in [0.05, 0.1) is 11.4 Å². The molecule has 0 aliphatic heterocycles. The van der Waals surface area contributed by atoms with E-state index in [1.807, 2.05) is 61.5 Å². The molecule has 4 N–H and O–H groups in total. The Morgan fingerprint density at radius 1 is 1.05 bits per heavy atom. The molecular formula is C15H16N4S. The normalized spacial score (nSPS) is 10.9. The van der Waals surface area contributed by atoms with Crippen molar-refractivity contribution in [3.63, 3.8) is 0 Å². The Morgan fingerprint density at radius 2 is 1.70 bits per heavy atom. The fourth-order valence-corrected chi connectivity index (χ4v) is 1.87. The first-order valence-electron chi connectivity index (χ1n) is 6.18. The van der Waals surface area contributed by atoms with Crippen molar-refractivity contribution < 1.29 is 0 Å². The summed E-state index contributed by atoms with van der Waals surface area (Å²) in [6, 6.07) is 17.5. The number of para-hydroxylation sites is 2. The number of hydrogen-bond acceptors (Lipinski definition) is 3. The minimum absolute atomic E-state index is 0.237. The minimum atomic E-state index is 0.237. The van der Waals surface area contributed by atoms with E-state index in [-0.39, 0.29) is 5.11 Å². The third kappa shape index (κ3) is 3.80. The summed E-state index contributed by atoms with van der Waals surface area (Å²) >= 11 is 4.88. The van der Waals surface area contributed by atoms with Crippen molar-refractivity contribution in [2.75, 3.05) is 10.7 Å². The molecule has 4 nitrogen and oxygen atoms in total. The molecule has 0 saturated heterocycles. The van der Waals surface area contributed by atoms with Crippen LogP contribution in [0.2, 0.25) is 0 Å². The van der Waals surface area contributed by atoms with Crippen molar-refractivity contribution in [2.45, 2.75) is 6.92 Å². The second kappa shape index (κ2) is 6.68. The van der Waals surface area contributed by atoms with Gasteiger partial charge in [0.15, 0.2) is 5.11 Å². The molecule has 0 radical (unpaired) electrons. The maximum atomic E-state index is 5.52. The molecule has 0 fully saturated rings. The van der Waals surface area contributed by atoms with E-state index in [4.69, 9.17) is 18.0 Å². The summed E-state index contributed by atoms with van der Waals surface area (Å²) in [6.45, 7) is 1.93. The number of rotatable bonds is 4. The van der Waals surface area contributed by atoms with Gasteiger partial charge in [-0.15, -0.1) is 0 Å². The Bertz CT molecular complexity index is 623. The fraction of sp³-hybridized carbons (Fsp3) is 0.0667. The van der Waals surface area contributed by atoms with Crippen molar-refractivity contribution in [1.29, 1.82) is 0 Å². The number of hydrazone groups is 1. The Morgan fingerprint density at radius 3 is 2.40 bits per heavy atom. The van der Waals surface area contributed by atoms with Crippen molar-refractivity contribution in [3.8, 4) is 0 Å². The van der Waals surface area contributed by atoms with Crippen LogP contribution in [0.4, 0.5) is 11.4 Å². The second-order valence-electron chi connectivity index (χ2n) is 4.21. The molecule has 0 amide bonds. The predicted molar refractivity (Wildman–Crippen MR) is 89.1 cm³/mol. The highest BCUT2D eigenvalue weighted by atomic mass is 32.1. The van der Waals surface area contributed by atoms with Gasteiger partial charge in [0, 0.05) is 11.3 Å². The van der Waals surface area contributed by atoms with Gasteiger partial charge in [-0.1, -0.05) is 36.4 Å². The number of anilines is 2. The second-order valence-corrected chi connectivity index (χ2v) is 4.65. The largest absolute Gasteiger partial charge is 0.376 e. The molecule has 102 valence electrons. The summed E-state index contributed by atoms with van der Waals surface area (Å²) in [6.07, 6.45) is 0. The van der Waals surface area contributed by atoms with E-state index in [0.29, 0.717) is 0 Å². The van der Waals surface area contributed by atoms with E-state index < -0.39 is 0 Å². The lowest BCUT2D eigenvalue weighted by Gasteiger charge is -2.10. The van der Waals surface area contributed by atoms with E-state index in [1.54, 1.807) is 0 Å². The molecule has 0 aliphatic rings. The third-order valence-electron chi connectivity index (χ3n) is 2.70. The molecule has 0 spiro atoms. The number of benzene rings is 2. The number of hydrogen-bond donors (Lipinski definition) is 3. The van der Waals surface area contributed by atoms with Crippen molar-refractivity contribution in [1.82, 2.24) is 0 Å². The number of nitrogens with zero attached hydrogens (tertiary/aromatic N) is 1. The first-order valence-corrected chi connectivity index (χ1v) is 6.59. The van der Waals surface area contributed by atoms with Crippen LogP contribution in [-0.4, -0.2) is 10.8 Å². The first kappa shape index (κ1) is 14.0. The lowest BCUT2D eigenvalue weighted by atomic mass is 10.1. The molecule has 0 heterocycles. The zero-order valence-electron chi connectivity index (χ0n) is 11.1. The molecule has 20 heavy (non-hydrogen) atoms. The standard InChI is InChI=1S/C15H16N4S/c1-11(18-19-12-7-3-2-4-8-12)13-9-5-6-10-14(13)17-15(16)20/h2-10,19H,1H3,(H3,16,17,20). The molecule has 0 unspecified atom stereocenters. The van der Waals surface area contributed by atoms with E-state index in [1.165, 1.54) is 0 Å². The molecule has 0 saturated carbocycles. The summed E-state index contributed by atoms with van der Waals surface area (Å²) in [7, 11) is 0. The highest BCUT2D eigenvalue weighted by Crippen LogP contribution is 2.16. The number of nitrogens with one attached hydrogen (secondary N) is 2. The lowest BCUT2D eigenvalue weighted by Crippen LogP contribution is -2.20. The zero-order chi connectivity index (χ0) is 14.4. The van der Waals surface area contributed by atoms with E-state index >= 15 is 0 Å². The van der Waals surface area contributed by atoms with Gasteiger partial charge in [-0.05, 0) is 37.3 Å². The molecule has 0 atom stereocenters. The summed E-state index contributed by atoms with van der Waals surface area (Å²) < 4.78 is 0. The molecule has 5 heteroatoms. The van der Waals surface area contributed by atoms with E-state index in [9.17, 15) is 0 Å². The van der Waals surface area contributed by atoms with Crippen LogP contribution in [0.3, 0.4) is 0 Å². The average molecular weight is 284 g/mol. The topological polar surface area (TPSA) is 62.4 Å². The molecule has 0 aliphatic carbocycles. The molecule has 2 rings (SSSR count). The van der Waals surface area contributed by atoms with Crippen LogP contribution in [0.15, 0.2) is 59.7 Å². The van der Waals surface area contributed by atoms with Gasteiger partial charge in [-0.25, -0.2) is 0 Å². The van der Waals surface area contributed by atoms with Gasteiger partial charge in [0.1, 0.15) is 0 Å². The van der Waals surface area contributed by atoms with Gasteiger partial charge in [0.25, 0.3) is 0 Å². The first-order chi connectivity index (χ1) is 9.66. The maximum absolute atomic E-state index is 5.52. The van der Waals surface area contributed by atoms with Gasteiger partial charge in [-0.3, -0.25) is 5.43 Å². The lowest BCUT2D eigenvalue weighted by molar-refractivity contribution is 1.32. The smallest absolute Gasteiger partial charge is 0.168 e. The van der Waals surface area contributed by atoms with Gasteiger partial charge in [-0.2, -0.15) is 5.10 Å². The van der Waals surface area contributed by atoms with Crippen LogP contribution in [0.1, 0.15) is 12.5 Å². The highest BCUT2D eigenvalue weighted by molar-refractivity contribution is 7.80. The van der Waals surface area contributed by atoms with Gasteiger partial charge >= 0.3 is 0 Å². The third-order valence-corrected chi connectivity index (χ3v) is 2.80. The van der Waals surface area contributed by atoms with Crippen molar-refractivity contribution >= 4 is 34.4 Å². The Labute approximate surface area is 123 Å². The molecule has 0 bridgehead atoms. The average Bonchev–Trinajstić information content (AvgIpc) is 2.46. The van der Waals surface area contributed by atoms with Crippen molar-refractivity contribution in [2.24, 2.45) is 10.8 Å². The highest BCUT2D eigenvalue weighted by Gasteiger charge is 2.05. The summed E-state index contributed by atoms with van der Waals surface area (Å²) in [5, 5.41) is 7.57. The Balaban J connectivity index is 2.20. The SMILES string of the molecule is CC(=NNc1ccccc1)c1ccccc1NC(N)=S. The van der Waals surface area contributed by atoms with Crippen LogP contribution in [0, 0.1) is 0 Å². The molecule has 2 aromatic carbocycles. The minimum Gasteiger partial charge on any atom is -0.376 e. The van der Waals surface area contributed by atoms with E-state index in [2.05, 4.69) is 15.8 Å². The quantitative estimate of drug-likeness (QED) is 0.458. The van der Waals surface area contributed by atoms with Crippen LogP contribution in [0.5, 0.6) is 0 Å². The summed E-state index contributed by atoms with van der Waals surface area (Å²) in [5.41, 5.74) is 12.1. The maximum Gasteiger partial charge on any atom is 0.168 e. The molecular weight excluding hydrogens is 268 g/mol. The summed E-state index contributed by atoms with van der Waals surface area (Å²) in [5.74, 6) is 0. The molecule has 2 aromatic rings. The number of thiocarbonyl (C=S) groups is 1. The van der Waals surface area contributed by atoms with E-state index in [0.717, 1.165) is 22.6 Å². The number of nitrogens with two attached hydrogens (primary N) is 1. The fourth-order valence-electron chi connectivity index (χ4n) is 1.76. The van der Waals surface area contributed by atoms with Gasteiger partial charge in [0.2, 0.25) is 0 Å². The van der Waals surface area contributed by atoms with Crippen molar-refractivity contribution in [3.05, 3.63) is 60.2 Å². The zero-order valence-corrected chi connectivity index (χ0v) is 11.9. The van der Waals surface area contributed by atoms with Crippen LogP contribution < -0.4 is 16.5 Å². The Kier molecular flexibility index (Phi) is 4.68. The van der Waals surface area contributed by atoms with Crippen LogP contribution >= 0.6 is 12.2 Å². The Hall–Kier alpha value is -2.40. The van der Waals surface area contributed by atoms with Crippen LogP contribution in [0.25, 0.3) is 0 Å². The molecule has 0 aromatic heterocycles. The monoisotopic (exact) mass is 284 g/mol. The van der Waals surface area contributed by atoms with Crippen LogP contribution in [-0.2, 0) is 0 Å². The summed E-state index contributed by atoms with van der Waals surface area (Å²) in [4.78, 5) is 0.